The molecule has 2 aromatic carbocycles. The SMILES string of the molecule is CC1(C)CN(C(N)=O)c2ccccc2N1Cc1ccccc1Cl. The zero-order valence-electron chi connectivity index (χ0n) is 13.3. The van der Waals surface area contributed by atoms with Crippen LogP contribution < -0.4 is 15.5 Å². The minimum atomic E-state index is -0.428. The summed E-state index contributed by atoms with van der Waals surface area (Å²) in [6.07, 6.45) is 0. The molecule has 2 aromatic rings. The van der Waals surface area contributed by atoms with Gasteiger partial charge in [-0.2, -0.15) is 0 Å². The number of hydrogen-bond acceptors (Lipinski definition) is 2. The van der Waals surface area contributed by atoms with E-state index in [-0.39, 0.29) is 5.54 Å². The second kappa shape index (κ2) is 5.78. The fraction of sp³-hybridized carbons (Fsp3) is 0.278. The van der Waals surface area contributed by atoms with Crippen LogP contribution >= 0.6 is 11.6 Å². The largest absolute Gasteiger partial charge is 0.359 e. The summed E-state index contributed by atoms with van der Waals surface area (Å²) < 4.78 is 0. The topological polar surface area (TPSA) is 49.6 Å². The van der Waals surface area contributed by atoms with Gasteiger partial charge in [0.2, 0.25) is 0 Å². The standard InChI is InChI=1S/C18H20ClN3O/c1-18(2)12-21(17(20)23)15-9-5-6-10-16(15)22(18)11-13-7-3-4-8-14(13)19/h3-10H,11-12H2,1-2H3,(H2,20,23). The van der Waals surface area contributed by atoms with Gasteiger partial charge in [0, 0.05) is 11.6 Å². The average Bonchev–Trinajstić information content (AvgIpc) is 2.51. The van der Waals surface area contributed by atoms with Crippen molar-refractivity contribution in [1.82, 2.24) is 0 Å². The van der Waals surface area contributed by atoms with Crippen LogP contribution in [0.3, 0.4) is 0 Å². The Kier molecular flexibility index (Phi) is 3.94. The van der Waals surface area contributed by atoms with Crippen LogP contribution in [0.15, 0.2) is 48.5 Å². The molecule has 1 aliphatic rings. The zero-order chi connectivity index (χ0) is 16.6. The van der Waals surface area contributed by atoms with Crippen LogP contribution in [-0.2, 0) is 6.54 Å². The minimum Gasteiger partial charge on any atom is -0.359 e. The molecule has 1 aliphatic heterocycles. The van der Waals surface area contributed by atoms with Gasteiger partial charge in [-0.25, -0.2) is 4.79 Å². The molecule has 2 N–H and O–H groups in total. The van der Waals surface area contributed by atoms with Crippen LogP contribution in [0.2, 0.25) is 5.02 Å². The van der Waals surface area contributed by atoms with Gasteiger partial charge in [0.05, 0.1) is 23.5 Å². The first-order valence-electron chi connectivity index (χ1n) is 7.57. The number of carbonyl (C=O) groups excluding carboxylic acids is 1. The predicted molar refractivity (Wildman–Crippen MR) is 95.1 cm³/mol. The van der Waals surface area contributed by atoms with E-state index in [1.54, 1.807) is 4.90 Å². The molecule has 0 aromatic heterocycles. The molecule has 0 unspecified atom stereocenters. The Morgan fingerprint density at radius 1 is 1.13 bits per heavy atom. The summed E-state index contributed by atoms with van der Waals surface area (Å²) in [4.78, 5) is 15.8. The fourth-order valence-electron chi connectivity index (χ4n) is 3.10. The first-order valence-corrected chi connectivity index (χ1v) is 7.95. The van der Waals surface area contributed by atoms with Gasteiger partial charge in [0.25, 0.3) is 0 Å². The van der Waals surface area contributed by atoms with Gasteiger partial charge in [-0.3, -0.25) is 4.90 Å². The molecule has 2 amide bonds. The van der Waals surface area contributed by atoms with Crippen molar-refractivity contribution in [3.63, 3.8) is 0 Å². The third-order valence-corrected chi connectivity index (χ3v) is 4.66. The van der Waals surface area contributed by atoms with E-state index in [0.29, 0.717) is 13.1 Å². The molecule has 0 atom stereocenters. The van der Waals surface area contributed by atoms with E-state index >= 15 is 0 Å². The van der Waals surface area contributed by atoms with Crippen LogP contribution in [0, 0.1) is 0 Å². The molecule has 5 heteroatoms. The maximum absolute atomic E-state index is 11.8. The van der Waals surface area contributed by atoms with E-state index in [4.69, 9.17) is 17.3 Å². The molecular formula is C18H20ClN3O. The van der Waals surface area contributed by atoms with E-state index in [9.17, 15) is 4.79 Å². The number of nitrogens with zero attached hydrogens (tertiary/aromatic N) is 2. The highest BCUT2D eigenvalue weighted by Crippen LogP contribution is 2.40. The van der Waals surface area contributed by atoms with Gasteiger partial charge in [-0.05, 0) is 37.6 Å². The summed E-state index contributed by atoms with van der Waals surface area (Å²) in [6, 6.07) is 15.2. The van der Waals surface area contributed by atoms with Crippen molar-refractivity contribution in [3.05, 3.63) is 59.1 Å². The number of primary amides is 1. The number of halogens is 1. The lowest BCUT2D eigenvalue weighted by Gasteiger charge is -2.48. The summed E-state index contributed by atoms with van der Waals surface area (Å²) >= 11 is 6.33. The normalized spacial score (nSPS) is 16.1. The summed E-state index contributed by atoms with van der Waals surface area (Å²) in [5, 5.41) is 0.748. The van der Waals surface area contributed by atoms with Crippen molar-refractivity contribution in [3.8, 4) is 0 Å². The third kappa shape index (κ3) is 2.86. The Morgan fingerprint density at radius 2 is 1.74 bits per heavy atom. The molecule has 23 heavy (non-hydrogen) atoms. The molecular weight excluding hydrogens is 310 g/mol. The van der Waals surface area contributed by atoms with Crippen molar-refractivity contribution in [2.24, 2.45) is 5.73 Å². The number of benzene rings is 2. The molecule has 0 aliphatic carbocycles. The smallest absolute Gasteiger partial charge is 0.319 e. The van der Waals surface area contributed by atoms with Gasteiger partial charge < -0.3 is 10.6 Å². The van der Waals surface area contributed by atoms with Crippen molar-refractivity contribution < 1.29 is 4.79 Å². The molecule has 0 bridgehead atoms. The van der Waals surface area contributed by atoms with Gasteiger partial charge in [-0.15, -0.1) is 0 Å². The monoisotopic (exact) mass is 329 g/mol. The Bertz CT molecular complexity index is 745. The zero-order valence-corrected chi connectivity index (χ0v) is 14.0. The fourth-order valence-corrected chi connectivity index (χ4v) is 3.29. The van der Waals surface area contributed by atoms with Gasteiger partial charge >= 0.3 is 6.03 Å². The number of rotatable bonds is 2. The molecule has 0 radical (unpaired) electrons. The Hall–Kier alpha value is -2.20. The summed E-state index contributed by atoms with van der Waals surface area (Å²) in [7, 11) is 0. The van der Waals surface area contributed by atoms with E-state index in [1.165, 1.54) is 0 Å². The van der Waals surface area contributed by atoms with Crippen molar-refractivity contribution in [2.45, 2.75) is 25.9 Å². The highest BCUT2D eigenvalue weighted by atomic mass is 35.5. The molecule has 3 rings (SSSR count). The van der Waals surface area contributed by atoms with E-state index in [1.807, 2.05) is 48.5 Å². The molecule has 1 heterocycles. The maximum Gasteiger partial charge on any atom is 0.319 e. The highest BCUT2D eigenvalue weighted by Gasteiger charge is 2.38. The summed E-state index contributed by atoms with van der Waals surface area (Å²) in [5.74, 6) is 0. The van der Waals surface area contributed by atoms with E-state index < -0.39 is 6.03 Å². The number of hydrogen-bond donors (Lipinski definition) is 1. The van der Waals surface area contributed by atoms with Gasteiger partial charge in [-0.1, -0.05) is 41.9 Å². The maximum atomic E-state index is 11.8. The Morgan fingerprint density at radius 3 is 2.39 bits per heavy atom. The molecule has 0 saturated heterocycles. The van der Waals surface area contributed by atoms with E-state index in [0.717, 1.165) is 22.0 Å². The number of para-hydroxylation sites is 2. The third-order valence-electron chi connectivity index (χ3n) is 4.29. The van der Waals surface area contributed by atoms with Crippen molar-refractivity contribution in [1.29, 1.82) is 0 Å². The first kappa shape index (κ1) is 15.7. The minimum absolute atomic E-state index is 0.261. The van der Waals surface area contributed by atoms with Crippen LogP contribution in [0.4, 0.5) is 16.2 Å². The van der Waals surface area contributed by atoms with Gasteiger partial charge in [0.1, 0.15) is 0 Å². The number of nitrogens with two attached hydrogens (primary N) is 1. The molecule has 0 fully saturated rings. The molecule has 120 valence electrons. The van der Waals surface area contributed by atoms with Gasteiger partial charge in [0.15, 0.2) is 0 Å². The van der Waals surface area contributed by atoms with E-state index in [2.05, 4.69) is 18.7 Å². The summed E-state index contributed by atoms with van der Waals surface area (Å²) in [6.45, 7) is 5.42. The van der Waals surface area contributed by atoms with Crippen molar-refractivity contribution in [2.75, 3.05) is 16.3 Å². The Balaban J connectivity index is 2.06. The van der Waals surface area contributed by atoms with Crippen molar-refractivity contribution >= 4 is 29.0 Å². The number of urea groups is 1. The number of anilines is 2. The second-order valence-electron chi connectivity index (χ2n) is 6.40. The summed E-state index contributed by atoms with van der Waals surface area (Å²) in [5.41, 5.74) is 8.20. The average molecular weight is 330 g/mol. The van der Waals surface area contributed by atoms with Crippen LogP contribution in [-0.4, -0.2) is 18.1 Å². The lowest BCUT2D eigenvalue weighted by atomic mass is 9.95. The lowest BCUT2D eigenvalue weighted by Crippen LogP contribution is -2.58. The number of amides is 2. The quantitative estimate of drug-likeness (QED) is 0.904. The van der Waals surface area contributed by atoms with Crippen LogP contribution in [0.1, 0.15) is 19.4 Å². The Labute approximate surface area is 141 Å². The molecule has 0 saturated carbocycles. The molecule has 0 spiro atoms. The molecule has 4 nitrogen and oxygen atoms in total. The lowest BCUT2D eigenvalue weighted by molar-refractivity contribution is 0.251. The number of fused-ring (bicyclic) bond motifs is 1. The first-order chi connectivity index (χ1) is 10.9. The number of carbonyl (C=O) groups is 1. The highest BCUT2D eigenvalue weighted by molar-refractivity contribution is 6.31. The second-order valence-corrected chi connectivity index (χ2v) is 6.81. The predicted octanol–water partition coefficient (Wildman–Crippen LogP) is 4.02. The van der Waals surface area contributed by atoms with Crippen LogP contribution in [0.5, 0.6) is 0 Å². The van der Waals surface area contributed by atoms with Crippen LogP contribution in [0.25, 0.3) is 0 Å².